The minimum atomic E-state index is 0.409. The molecule has 0 saturated heterocycles. The summed E-state index contributed by atoms with van der Waals surface area (Å²) in [6, 6.07) is 4.74. The second-order valence-corrected chi connectivity index (χ2v) is 6.13. The Labute approximate surface area is 119 Å². The molecule has 3 nitrogen and oxygen atoms in total. The Morgan fingerprint density at radius 3 is 2.89 bits per heavy atom. The maximum atomic E-state index is 4.45. The minimum absolute atomic E-state index is 0.409. The molecule has 0 bridgehead atoms. The van der Waals surface area contributed by atoms with Gasteiger partial charge in [-0.05, 0) is 23.8 Å². The second kappa shape index (κ2) is 6.87. The zero-order valence-electron chi connectivity index (χ0n) is 12.0. The van der Waals surface area contributed by atoms with Crippen LogP contribution in [0.5, 0.6) is 0 Å². The Bertz CT molecular complexity index is 473. The smallest absolute Gasteiger partial charge is 0.122 e. The zero-order valence-corrected chi connectivity index (χ0v) is 12.8. The van der Waals surface area contributed by atoms with Crippen molar-refractivity contribution < 1.29 is 0 Å². The van der Waals surface area contributed by atoms with Gasteiger partial charge in [-0.25, -0.2) is 4.98 Å². The summed E-state index contributed by atoms with van der Waals surface area (Å²) in [4.78, 5) is 5.86. The molecule has 0 aliphatic carbocycles. The van der Waals surface area contributed by atoms with Gasteiger partial charge in [-0.1, -0.05) is 26.8 Å². The average Bonchev–Trinajstić information content (AvgIpc) is 3.02. The first-order valence-electron chi connectivity index (χ1n) is 6.99. The van der Waals surface area contributed by atoms with Gasteiger partial charge in [0, 0.05) is 29.9 Å². The van der Waals surface area contributed by atoms with Crippen molar-refractivity contribution in [3.63, 3.8) is 0 Å². The van der Waals surface area contributed by atoms with Crippen molar-refractivity contribution in [2.24, 2.45) is 5.92 Å². The number of hydrogen-bond donors (Lipinski definition) is 1. The van der Waals surface area contributed by atoms with Crippen LogP contribution in [0.15, 0.2) is 29.9 Å². The summed E-state index contributed by atoms with van der Waals surface area (Å²) < 4.78 is 2.23. The molecule has 0 fully saturated rings. The standard InChI is InChI=1S/C15H23N3S/c1-4-8-18-9-7-16-14(18)11-17-15(12(2)3)13-6-5-10-19-13/h5-7,9-10,12,15,17H,4,8,11H2,1-3H3. The van der Waals surface area contributed by atoms with Crippen LogP contribution in [0.25, 0.3) is 0 Å². The fourth-order valence-electron chi connectivity index (χ4n) is 2.29. The van der Waals surface area contributed by atoms with E-state index >= 15 is 0 Å². The van der Waals surface area contributed by atoms with E-state index in [9.17, 15) is 0 Å². The number of aromatic nitrogens is 2. The van der Waals surface area contributed by atoms with E-state index in [0.29, 0.717) is 12.0 Å². The predicted octanol–water partition coefficient (Wildman–Crippen LogP) is 3.84. The van der Waals surface area contributed by atoms with Gasteiger partial charge < -0.3 is 9.88 Å². The van der Waals surface area contributed by atoms with Gasteiger partial charge in [0.15, 0.2) is 0 Å². The highest BCUT2D eigenvalue weighted by Gasteiger charge is 2.16. The number of hydrogen-bond acceptors (Lipinski definition) is 3. The molecule has 0 aliphatic rings. The van der Waals surface area contributed by atoms with Crippen LogP contribution in [-0.4, -0.2) is 9.55 Å². The Hall–Kier alpha value is -1.13. The fraction of sp³-hybridized carbons (Fsp3) is 0.533. The van der Waals surface area contributed by atoms with Crippen molar-refractivity contribution in [2.45, 2.75) is 46.3 Å². The van der Waals surface area contributed by atoms with Crippen LogP contribution >= 0.6 is 11.3 Å². The summed E-state index contributed by atoms with van der Waals surface area (Å²) in [6.07, 6.45) is 5.10. The molecule has 2 rings (SSSR count). The fourth-order valence-corrected chi connectivity index (χ4v) is 3.26. The third-order valence-electron chi connectivity index (χ3n) is 3.26. The number of thiophene rings is 1. The van der Waals surface area contributed by atoms with Crippen LogP contribution in [0.4, 0.5) is 0 Å². The van der Waals surface area contributed by atoms with E-state index in [1.807, 2.05) is 17.5 Å². The van der Waals surface area contributed by atoms with Crippen molar-refractivity contribution in [2.75, 3.05) is 0 Å². The van der Waals surface area contributed by atoms with Crippen LogP contribution in [0.2, 0.25) is 0 Å². The Kier molecular flexibility index (Phi) is 5.16. The maximum Gasteiger partial charge on any atom is 0.122 e. The predicted molar refractivity (Wildman–Crippen MR) is 81.3 cm³/mol. The van der Waals surface area contributed by atoms with Crippen LogP contribution in [0, 0.1) is 5.92 Å². The van der Waals surface area contributed by atoms with Crippen molar-refractivity contribution in [3.8, 4) is 0 Å². The highest BCUT2D eigenvalue weighted by atomic mass is 32.1. The molecule has 0 saturated carbocycles. The van der Waals surface area contributed by atoms with Gasteiger partial charge in [-0.15, -0.1) is 11.3 Å². The molecular formula is C15H23N3S. The molecule has 1 atom stereocenters. The summed E-state index contributed by atoms with van der Waals surface area (Å²) in [7, 11) is 0. The number of nitrogens with zero attached hydrogens (tertiary/aromatic N) is 2. The van der Waals surface area contributed by atoms with E-state index in [1.165, 1.54) is 4.88 Å². The third-order valence-corrected chi connectivity index (χ3v) is 4.22. The summed E-state index contributed by atoms with van der Waals surface area (Å²) >= 11 is 1.82. The molecule has 19 heavy (non-hydrogen) atoms. The van der Waals surface area contributed by atoms with E-state index < -0.39 is 0 Å². The van der Waals surface area contributed by atoms with Gasteiger partial charge in [0.25, 0.3) is 0 Å². The SMILES string of the molecule is CCCn1ccnc1CNC(c1cccs1)C(C)C. The molecule has 4 heteroatoms. The van der Waals surface area contributed by atoms with Crippen LogP contribution < -0.4 is 5.32 Å². The minimum Gasteiger partial charge on any atom is -0.334 e. The van der Waals surface area contributed by atoms with Gasteiger partial charge in [-0.2, -0.15) is 0 Å². The third kappa shape index (κ3) is 3.67. The molecule has 0 radical (unpaired) electrons. The monoisotopic (exact) mass is 277 g/mol. The molecule has 0 amide bonds. The van der Waals surface area contributed by atoms with Gasteiger partial charge >= 0.3 is 0 Å². The first-order valence-corrected chi connectivity index (χ1v) is 7.87. The molecule has 1 unspecified atom stereocenters. The highest BCUT2D eigenvalue weighted by Crippen LogP contribution is 2.25. The molecule has 1 N–H and O–H groups in total. The van der Waals surface area contributed by atoms with Gasteiger partial charge in [0.2, 0.25) is 0 Å². The largest absolute Gasteiger partial charge is 0.334 e. The molecule has 104 valence electrons. The quantitative estimate of drug-likeness (QED) is 0.833. The van der Waals surface area contributed by atoms with Crippen molar-refractivity contribution in [1.82, 2.24) is 14.9 Å². The topological polar surface area (TPSA) is 29.9 Å². The molecule has 0 aromatic carbocycles. The second-order valence-electron chi connectivity index (χ2n) is 5.15. The average molecular weight is 277 g/mol. The number of rotatable bonds is 7. The Morgan fingerprint density at radius 2 is 2.26 bits per heavy atom. The summed E-state index contributed by atoms with van der Waals surface area (Å²) in [5.74, 6) is 1.71. The molecular weight excluding hydrogens is 254 g/mol. The zero-order chi connectivity index (χ0) is 13.7. The van der Waals surface area contributed by atoms with Crippen molar-refractivity contribution in [1.29, 1.82) is 0 Å². The maximum absolute atomic E-state index is 4.45. The lowest BCUT2D eigenvalue weighted by molar-refractivity contribution is 0.406. The molecule has 0 aliphatic heterocycles. The first-order chi connectivity index (χ1) is 9.22. The number of aryl methyl sites for hydroxylation is 1. The summed E-state index contributed by atoms with van der Waals surface area (Å²) in [5, 5.41) is 5.79. The Morgan fingerprint density at radius 1 is 1.42 bits per heavy atom. The van der Waals surface area contributed by atoms with Crippen LogP contribution in [0.3, 0.4) is 0 Å². The van der Waals surface area contributed by atoms with Gasteiger partial charge in [0.1, 0.15) is 5.82 Å². The first kappa shape index (κ1) is 14.3. The Balaban J connectivity index is 2.01. The van der Waals surface area contributed by atoms with Crippen LogP contribution in [0.1, 0.15) is 43.9 Å². The molecule has 2 heterocycles. The highest BCUT2D eigenvalue weighted by molar-refractivity contribution is 7.10. The van der Waals surface area contributed by atoms with Crippen molar-refractivity contribution >= 4 is 11.3 Å². The van der Waals surface area contributed by atoms with Gasteiger partial charge in [0.05, 0.1) is 6.54 Å². The lowest BCUT2D eigenvalue weighted by atomic mass is 10.0. The van der Waals surface area contributed by atoms with Crippen molar-refractivity contribution in [3.05, 3.63) is 40.6 Å². The van der Waals surface area contributed by atoms with Gasteiger partial charge in [-0.3, -0.25) is 0 Å². The van der Waals surface area contributed by atoms with E-state index in [1.54, 1.807) is 0 Å². The molecule has 0 spiro atoms. The number of imidazole rings is 1. The summed E-state index contributed by atoms with van der Waals surface area (Å²) in [5.41, 5.74) is 0. The number of nitrogens with one attached hydrogen (secondary N) is 1. The lowest BCUT2D eigenvalue weighted by Gasteiger charge is -2.21. The van der Waals surface area contributed by atoms with E-state index in [4.69, 9.17) is 0 Å². The van der Waals surface area contributed by atoms with E-state index in [0.717, 1.165) is 25.3 Å². The van der Waals surface area contributed by atoms with E-state index in [-0.39, 0.29) is 0 Å². The normalized spacial score (nSPS) is 13.1. The lowest BCUT2D eigenvalue weighted by Crippen LogP contribution is -2.26. The van der Waals surface area contributed by atoms with E-state index in [2.05, 4.69) is 59.3 Å². The summed E-state index contributed by atoms with van der Waals surface area (Å²) in [6.45, 7) is 8.59. The van der Waals surface area contributed by atoms with Crippen LogP contribution in [-0.2, 0) is 13.1 Å². The molecule has 2 aromatic heterocycles. The molecule has 2 aromatic rings.